The van der Waals surface area contributed by atoms with Crippen LogP contribution in [0.2, 0.25) is 5.02 Å². The van der Waals surface area contributed by atoms with Gasteiger partial charge >= 0.3 is 0 Å². The van der Waals surface area contributed by atoms with Gasteiger partial charge in [0.2, 0.25) is 17.6 Å². The number of aromatic nitrogens is 2. The third-order valence-corrected chi connectivity index (χ3v) is 6.18. The van der Waals surface area contributed by atoms with E-state index in [4.69, 9.17) is 16.1 Å². The van der Waals surface area contributed by atoms with E-state index in [9.17, 15) is 4.79 Å². The number of halogens is 1. The predicted octanol–water partition coefficient (Wildman–Crippen LogP) is 4.98. The van der Waals surface area contributed by atoms with Crippen molar-refractivity contribution in [2.45, 2.75) is 30.0 Å². The van der Waals surface area contributed by atoms with Gasteiger partial charge in [0.25, 0.3) is 0 Å². The van der Waals surface area contributed by atoms with Crippen LogP contribution >= 0.6 is 34.7 Å². The molecule has 0 N–H and O–H groups in total. The molecule has 0 aliphatic heterocycles. The Bertz CT molecular complexity index is 850. The molecule has 0 bridgehead atoms. The zero-order chi connectivity index (χ0) is 18.5. The van der Waals surface area contributed by atoms with Crippen LogP contribution in [0, 0.1) is 0 Å². The van der Waals surface area contributed by atoms with Gasteiger partial charge in [0.15, 0.2) is 0 Å². The van der Waals surface area contributed by atoms with Gasteiger partial charge in [0.05, 0.1) is 16.7 Å². The Morgan fingerprint density at radius 2 is 2.12 bits per heavy atom. The van der Waals surface area contributed by atoms with Crippen molar-refractivity contribution in [3.05, 3.63) is 52.7 Å². The summed E-state index contributed by atoms with van der Waals surface area (Å²) in [4.78, 5) is 20.7. The second-order valence-electron chi connectivity index (χ2n) is 5.65. The molecular weight excluding hydrogens is 390 g/mol. The van der Waals surface area contributed by atoms with E-state index < -0.39 is 0 Å². The number of hydrogen-bond acceptors (Lipinski definition) is 6. The number of rotatable bonds is 7. The number of carbonyl (C=O) groups is 1. The topological polar surface area (TPSA) is 59.2 Å². The summed E-state index contributed by atoms with van der Waals surface area (Å²) in [7, 11) is 1.75. The van der Waals surface area contributed by atoms with Crippen molar-refractivity contribution in [2.75, 3.05) is 7.05 Å². The first-order chi connectivity index (χ1) is 12.6. The molecule has 1 unspecified atom stereocenters. The van der Waals surface area contributed by atoms with Crippen molar-refractivity contribution in [2.24, 2.45) is 0 Å². The smallest absolute Gasteiger partial charge is 0.246 e. The molecule has 0 spiro atoms. The minimum Gasteiger partial charge on any atom is -0.337 e. The fourth-order valence-corrected chi connectivity index (χ4v) is 4.18. The van der Waals surface area contributed by atoms with Gasteiger partial charge in [-0.15, -0.1) is 23.1 Å². The molecule has 1 atom stereocenters. The highest BCUT2D eigenvalue weighted by molar-refractivity contribution is 8.00. The van der Waals surface area contributed by atoms with E-state index in [1.807, 2.05) is 48.7 Å². The first kappa shape index (κ1) is 18.9. The Balaban J connectivity index is 1.63. The van der Waals surface area contributed by atoms with Crippen LogP contribution in [0.4, 0.5) is 0 Å². The predicted molar refractivity (Wildman–Crippen MR) is 105 cm³/mol. The number of amides is 1. The van der Waals surface area contributed by atoms with Crippen LogP contribution in [0.25, 0.3) is 10.7 Å². The molecule has 0 saturated heterocycles. The fraction of sp³-hybridized carbons (Fsp3) is 0.278. The molecule has 3 aromatic rings. The van der Waals surface area contributed by atoms with Gasteiger partial charge in [-0.25, -0.2) is 0 Å². The van der Waals surface area contributed by atoms with Crippen LogP contribution in [0.5, 0.6) is 0 Å². The van der Waals surface area contributed by atoms with Gasteiger partial charge in [-0.3, -0.25) is 4.79 Å². The number of carbonyl (C=O) groups excluding carboxylic acids is 1. The molecule has 0 fully saturated rings. The van der Waals surface area contributed by atoms with Crippen LogP contribution in [-0.4, -0.2) is 33.2 Å². The lowest BCUT2D eigenvalue weighted by Gasteiger charge is -2.21. The molecule has 0 aliphatic carbocycles. The van der Waals surface area contributed by atoms with E-state index in [0.29, 0.717) is 16.7 Å². The van der Waals surface area contributed by atoms with Crippen molar-refractivity contribution in [3.8, 4) is 10.7 Å². The first-order valence-corrected chi connectivity index (χ1v) is 10.2. The Kier molecular flexibility index (Phi) is 6.34. The van der Waals surface area contributed by atoms with Crippen LogP contribution in [0.1, 0.15) is 19.2 Å². The van der Waals surface area contributed by atoms with Crippen molar-refractivity contribution in [1.82, 2.24) is 15.0 Å². The van der Waals surface area contributed by atoms with E-state index in [-0.39, 0.29) is 17.7 Å². The lowest BCUT2D eigenvalue weighted by atomic mass is 10.3. The Labute approximate surface area is 165 Å². The average Bonchev–Trinajstić information content (AvgIpc) is 3.32. The molecule has 1 amide bonds. The molecule has 1 aromatic carbocycles. The summed E-state index contributed by atoms with van der Waals surface area (Å²) in [6, 6.07) is 11.4. The number of benzene rings is 1. The van der Waals surface area contributed by atoms with Crippen LogP contribution in [0.3, 0.4) is 0 Å². The average molecular weight is 408 g/mol. The van der Waals surface area contributed by atoms with E-state index in [1.165, 1.54) is 11.8 Å². The molecule has 2 heterocycles. The second kappa shape index (κ2) is 8.70. The Morgan fingerprint density at radius 1 is 1.35 bits per heavy atom. The molecule has 3 rings (SSSR count). The standard InChI is InChI=1S/C18H18ClN3O2S2/c1-3-14(26-13-8-6-12(19)7-9-13)18(23)22(2)11-16-20-17(21-24-16)15-5-4-10-25-15/h4-10,14H,3,11H2,1-2H3. The maximum absolute atomic E-state index is 12.8. The molecule has 26 heavy (non-hydrogen) atoms. The van der Waals surface area contributed by atoms with Gasteiger partial charge < -0.3 is 9.42 Å². The van der Waals surface area contributed by atoms with Crippen molar-refractivity contribution < 1.29 is 9.32 Å². The van der Waals surface area contributed by atoms with E-state index >= 15 is 0 Å². The Morgan fingerprint density at radius 3 is 2.77 bits per heavy atom. The van der Waals surface area contributed by atoms with Gasteiger partial charge in [-0.1, -0.05) is 29.7 Å². The fourth-order valence-electron chi connectivity index (χ4n) is 2.34. The minimum absolute atomic E-state index is 0.0309. The third kappa shape index (κ3) is 4.66. The second-order valence-corrected chi connectivity index (χ2v) is 8.31. The third-order valence-electron chi connectivity index (χ3n) is 3.70. The summed E-state index contributed by atoms with van der Waals surface area (Å²) in [5.74, 6) is 1.01. The number of thioether (sulfide) groups is 1. The highest BCUT2D eigenvalue weighted by Crippen LogP contribution is 2.28. The molecule has 5 nitrogen and oxygen atoms in total. The zero-order valence-corrected chi connectivity index (χ0v) is 16.8. The first-order valence-electron chi connectivity index (χ1n) is 8.10. The molecule has 0 radical (unpaired) electrons. The normalized spacial score (nSPS) is 12.1. The van der Waals surface area contributed by atoms with Crippen molar-refractivity contribution in [1.29, 1.82) is 0 Å². The lowest BCUT2D eigenvalue weighted by molar-refractivity contribution is -0.130. The SMILES string of the molecule is CCC(Sc1ccc(Cl)cc1)C(=O)N(C)Cc1nc(-c2cccs2)no1. The van der Waals surface area contributed by atoms with E-state index in [2.05, 4.69) is 10.1 Å². The van der Waals surface area contributed by atoms with Gasteiger partial charge in [-0.2, -0.15) is 4.98 Å². The van der Waals surface area contributed by atoms with Crippen LogP contribution in [-0.2, 0) is 11.3 Å². The van der Waals surface area contributed by atoms with Crippen molar-refractivity contribution >= 4 is 40.6 Å². The quantitative estimate of drug-likeness (QED) is 0.517. The summed E-state index contributed by atoms with van der Waals surface area (Å²) < 4.78 is 5.28. The van der Waals surface area contributed by atoms with Gasteiger partial charge in [0, 0.05) is 17.0 Å². The molecule has 2 aromatic heterocycles. The molecular formula is C18H18ClN3O2S2. The monoisotopic (exact) mass is 407 g/mol. The zero-order valence-electron chi connectivity index (χ0n) is 14.4. The van der Waals surface area contributed by atoms with Crippen LogP contribution in [0.15, 0.2) is 51.2 Å². The number of thiophene rings is 1. The summed E-state index contributed by atoms with van der Waals surface area (Å²) in [5.41, 5.74) is 0. The summed E-state index contributed by atoms with van der Waals surface area (Å²) >= 11 is 9.00. The number of nitrogens with zero attached hydrogens (tertiary/aromatic N) is 3. The molecule has 0 saturated carbocycles. The highest BCUT2D eigenvalue weighted by Gasteiger charge is 2.23. The van der Waals surface area contributed by atoms with Gasteiger partial charge in [0.1, 0.15) is 0 Å². The minimum atomic E-state index is -0.180. The van der Waals surface area contributed by atoms with E-state index in [0.717, 1.165) is 16.2 Å². The maximum Gasteiger partial charge on any atom is 0.246 e. The number of hydrogen-bond donors (Lipinski definition) is 0. The highest BCUT2D eigenvalue weighted by atomic mass is 35.5. The molecule has 136 valence electrons. The van der Waals surface area contributed by atoms with Crippen LogP contribution < -0.4 is 0 Å². The Hall–Kier alpha value is -1.83. The van der Waals surface area contributed by atoms with E-state index in [1.54, 1.807) is 23.3 Å². The van der Waals surface area contributed by atoms with Gasteiger partial charge in [-0.05, 0) is 42.1 Å². The summed E-state index contributed by atoms with van der Waals surface area (Å²) in [6.07, 6.45) is 0.723. The largest absolute Gasteiger partial charge is 0.337 e. The molecule has 8 heteroatoms. The maximum atomic E-state index is 12.8. The lowest BCUT2D eigenvalue weighted by Crippen LogP contribution is -2.34. The summed E-state index contributed by atoms with van der Waals surface area (Å²) in [6.45, 7) is 2.29. The molecule has 0 aliphatic rings. The summed E-state index contributed by atoms with van der Waals surface area (Å²) in [5, 5.41) is 6.44. The van der Waals surface area contributed by atoms with Crippen molar-refractivity contribution in [3.63, 3.8) is 0 Å².